The molecule has 0 aliphatic heterocycles. The second-order valence-electron chi connectivity index (χ2n) is 4.99. The molecule has 2 aromatic rings. The van der Waals surface area contributed by atoms with Crippen molar-refractivity contribution in [2.75, 3.05) is 6.26 Å². The Balaban J connectivity index is 2.19. The topological polar surface area (TPSA) is 55.9 Å². The van der Waals surface area contributed by atoms with Gasteiger partial charge in [0.2, 0.25) is 0 Å². The van der Waals surface area contributed by atoms with Gasteiger partial charge >= 0.3 is 0 Å². The molecule has 1 aromatic heterocycles. The fourth-order valence-corrected chi connectivity index (χ4v) is 2.85. The molecule has 1 aromatic carbocycles. The van der Waals surface area contributed by atoms with Gasteiger partial charge in [-0.25, -0.2) is 0 Å². The molecular weight excluding hydrogens is 280 g/mol. The Labute approximate surface area is 131 Å². The molecule has 0 amide bonds. The van der Waals surface area contributed by atoms with Crippen molar-refractivity contribution in [3.63, 3.8) is 0 Å². The predicted molar refractivity (Wildman–Crippen MR) is 89.3 cm³/mol. The van der Waals surface area contributed by atoms with Crippen LogP contribution < -0.4 is 11.3 Å². The number of benzene rings is 1. The molecule has 4 nitrogen and oxygen atoms in total. The largest absolute Gasteiger partial charge is 0.271 e. The van der Waals surface area contributed by atoms with Gasteiger partial charge in [0.05, 0.1) is 11.7 Å². The van der Waals surface area contributed by atoms with Crippen molar-refractivity contribution >= 4 is 11.8 Å². The first-order chi connectivity index (χ1) is 10.2. The molecule has 3 N–H and O–H groups in total. The van der Waals surface area contributed by atoms with E-state index in [4.69, 9.17) is 5.84 Å². The van der Waals surface area contributed by atoms with Gasteiger partial charge in [-0.1, -0.05) is 19.1 Å². The van der Waals surface area contributed by atoms with Gasteiger partial charge in [0.15, 0.2) is 0 Å². The first-order valence-electron chi connectivity index (χ1n) is 7.37. The van der Waals surface area contributed by atoms with Gasteiger partial charge in [-0.2, -0.15) is 5.10 Å². The first kappa shape index (κ1) is 16.1. The van der Waals surface area contributed by atoms with Crippen LogP contribution in [-0.2, 0) is 19.4 Å². The van der Waals surface area contributed by atoms with Crippen LogP contribution in [0.2, 0.25) is 0 Å². The predicted octanol–water partition coefficient (Wildman–Crippen LogP) is 2.93. The second kappa shape index (κ2) is 7.64. The summed E-state index contributed by atoms with van der Waals surface area (Å²) < 4.78 is 2.07. The molecule has 0 fully saturated rings. The lowest BCUT2D eigenvalue weighted by molar-refractivity contribution is 0.516. The lowest BCUT2D eigenvalue weighted by Crippen LogP contribution is -2.30. The summed E-state index contributed by atoms with van der Waals surface area (Å²) in [5.74, 6) is 5.77. The number of nitrogens with one attached hydrogen (secondary N) is 1. The standard InChI is InChI=1S/C16H24N4S/c1-4-13-10-14(20(5-2)19-13)11-16(18-17)12-6-8-15(21-3)9-7-12/h6-10,16,18H,4-5,11,17H2,1-3H3. The number of aromatic nitrogens is 2. The SMILES string of the molecule is CCc1cc(CC(NN)c2ccc(SC)cc2)n(CC)n1. The van der Waals surface area contributed by atoms with E-state index in [1.54, 1.807) is 11.8 Å². The highest BCUT2D eigenvalue weighted by Crippen LogP contribution is 2.22. The molecule has 1 atom stereocenters. The van der Waals surface area contributed by atoms with E-state index in [-0.39, 0.29) is 6.04 Å². The monoisotopic (exact) mass is 304 g/mol. The molecule has 1 unspecified atom stereocenters. The van der Waals surface area contributed by atoms with E-state index in [2.05, 4.69) is 65.6 Å². The Morgan fingerprint density at radius 3 is 2.52 bits per heavy atom. The maximum atomic E-state index is 5.77. The lowest BCUT2D eigenvalue weighted by Gasteiger charge is -2.17. The lowest BCUT2D eigenvalue weighted by atomic mass is 10.0. The number of hydrazine groups is 1. The number of nitrogens with two attached hydrogens (primary N) is 1. The van der Waals surface area contributed by atoms with Crippen molar-refractivity contribution in [2.24, 2.45) is 5.84 Å². The summed E-state index contributed by atoms with van der Waals surface area (Å²) in [6.07, 6.45) is 3.89. The van der Waals surface area contributed by atoms with E-state index in [0.29, 0.717) is 0 Å². The summed E-state index contributed by atoms with van der Waals surface area (Å²) in [6, 6.07) is 10.8. The minimum Gasteiger partial charge on any atom is -0.271 e. The number of nitrogens with zero attached hydrogens (tertiary/aromatic N) is 2. The van der Waals surface area contributed by atoms with Crippen LogP contribution in [0.5, 0.6) is 0 Å². The van der Waals surface area contributed by atoms with E-state index in [1.165, 1.54) is 16.2 Å². The molecule has 2 rings (SSSR count). The summed E-state index contributed by atoms with van der Waals surface area (Å²) >= 11 is 1.75. The zero-order chi connectivity index (χ0) is 15.2. The van der Waals surface area contributed by atoms with Crippen molar-refractivity contribution in [1.82, 2.24) is 15.2 Å². The average molecular weight is 304 g/mol. The molecule has 21 heavy (non-hydrogen) atoms. The molecule has 0 spiro atoms. The smallest absolute Gasteiger partial charge is 0.0624 e. The van der Waals surface area contributed by atoms with Gasteiger partial charge in [0, 0.05) is 23.6 Å². The summed E-state index contributed by atoms with van der Waals surface area (Å²) in [4.78, 5) is 1.27. The summed E-state index contributed by atoms with van der Waals surface area (Å²) in [7, 11) is 0. The van der Waals surface area contributed by atoms with Crippen LogP contribution >= 0.6 is 11.8 Å². The van der Waals surface area contributed by atoms with E-state index in [0.717, 1.165) is 25.1 Å². The van der Waals surface area contributed by atoms with Gasteiger partial charge in [-0.05, 0) is 43.4 Å². The maximum Gasteiger partial charge on any atom is 0.0624 e. The molecule has 0 aliphatic rings. The summed E-state index contributed by atoms with van der Waals surface area (Å²) in [6.45, 7) is 5.14. The Hall–Kier alpha value is -1.30. The van der Waals surface area contributed by atoms with Crippen molar-refractivity contribution in [2.45, 2.75) is 44.2 Å². The van der Waals surface area contributed by atoms with Crippen LogP contribution in [0.3, 0.4) is 0 Å². The fourth-order valence-electron chi connectivity index (χ4n) is 2.44. The molecule has 0 bridgehead atoms. The first-order valence-corrected chi connectivity index (χ1v) is 8.59. The average Bonchev–Trinajstić information content (AvgIpc) is 2.95. The van der Waals surface area contributed by atoms with Crippen molar-refractivity contribution in [3.05, 3.63) is 47.3 Å². The minimum atomic E-state index is 0.104. The van der Waals surface area contributed by atoms with E-state index in [9.17, 15) is 0 Å². The number of rotatable bonds is 7. The highest BCUT2D eigenvalue weighted by molar-refractivity contribution is 7.98. The third kappa shape index (κ3) is 3.87. The number of hydrogen-bond donors (Lipinski definition) is 2. The quantitative estimate of drug-likeness (QED) is 0.469. The molecule has 114 valence electrons. The second-order valence-corrected chi connectivity index (χ2v) is 5.87. The highest BCUT2D eigenvalue weighted by Gasteiger charge is 2.14. The Morgan fingerprint density at radius 1 is 1.29 bits per heavy atom. The van der Waals surface area contributed by atoms with Crippen LogP contribution in [0.4, 0.5) is 0 Å². The summed E-state index contributed by atoms with van der Waals surface area (Å²) in [5, 5.41) is 4.60. The Bertz CT molecular complexity index is 562. The van der Waals surface area contributed by atoms with Crippen LogP contribution in [0.25, 0.3) is 0 Å². The van der Waals surface area contributed by atoms with Gasteiger partial charge in [-0.15, -0.1) is 11.8 Å². The molecular formula is C16H24N4S. The van der Waals surface area contributed by atoms with Crippen LogP contribution in [-0.4, -0.2) is 16.0 Å². The van der Waals surface area contributed by atoms with Crippen LogP contribution in [0, 0.1) is 0 Å². The van der Waals surface area contributed by atoms with E-state index >= 15 is 0 Å². The van der Waals surface area contributed by atoms with Gasteiger partial charge in [-0.3, -0.25) is 16.0 Å². The molecule has 0 saturated carbocycles. The molecule has 0 saturated heterocycles. The highest BCUT2D eigenvalue weighted by atomic mass is 32.2. The minimum absolute atomic E-state index is 0.104. The zero-order valence-electron chi connectivity index (χ0n) is 13.0. The van der Waals surface area contributed by atoms with Crippen molar-refractivity contribution in [1.29, 1.82) is 0 Å². The number of thioether (sulfide) groups is 1. The third-order valence-corrected chi connectivity index (χ3v) is 4.45. The molecule has 5 heteroatoms. The van der Waals surface area contributed by atoms with Gasteiger partial charge < -0.3 is 0 Å². The molecule has 0 radical (unpaired) electrons. The van der Waals surface area contributed by atoms with Gasteiger partial charge in [0.1, 0.15) is 0 Å². The number of aryl methyl sites for hydroxylation is 2. The number of hydrogen-bond acceptors (Lipinski definition) is 4. The third-order valence-electron chi connectivity index (χ3n) is 3.71. The van der Waals surface area contributed by atoms with Crippen LogP contribution in [0.15, 0.2) is 35.2 Å². The van der Waals surface area contributed by atoms with Crippen LogP contribution in [0.1, 0.15) is 36.8 Å². The van der Waals surface area contributed by atoms with Crippen molar-refractivity contribution < 1.29 is 0 Å². The van der Waals surface area contributed by atoms with Crippen molar-refractivity contribution in [3.8, 4) is 0 Å². The maximum absolute atomic E-state index is 5.77. The van der Waals surface area contributed by atoms with E-state index < -0.39 is 0 Å². The van der Waals surface area contributed by atoms with E-state index in [1.807, 2.05) is 0 Å². The zero-order valence-corrected chi connectivity index (χ0v) is 13.8. The van der Waals surface area contributed by atoms with Gasteiger partial charge in [0.25, 0.3) is 0 Å². The fraction of sp³-hybridized carbons (Fsp3) is 0.438. The molecule has 1 heterocycles. The summed E-state index contributed by atoms with van der Waals surface area (Å²) in [5.41, 5.74) is 6.51. The normalized spacial score (nSPS) is 12.6. The molecule has 0 aliphatic carbocycles. The Kier molecular flexibility index (Phi) is 5.85. The Morgan fingerprint density at radius 2 is 2.00 bits per heavy atom.